The Labute approximate surface area is 128 Å². The summed E-state index contributed by atoms with van der Waals surface area (Å²) < 4.78 is 5.29. The standard InChI is InChI=1S/C18H27NO2/c1-2-21-18(20)17(16-12-8-3-4-9-13-16)19-14-15-10-6-5-7-11-15/h5-7,10-11,16-17,19H,2-4,8-9,12-14H2,1H3. The Morgan fingerprint density at radius 3 is 2.48 bits per heavy atom. The molecule has 0 radical (unpaired) electrons. The Kier molecular flexibility index (Phi) is 6.74. The molecule has 1 aliphatic carbocycles. The fourth-order valence-corrected chi connectivity index (χ4v) is 3.14. The summed E-state index contributed by atoms with van der Waals surface area (Å²) in [5, 5.41) is 3.44. The summed E-state index contributed by atoms with van der Waals surface area (Å²) in [7, 11) is 0. The van der Waals surface area contributed by atoms with Crippen LogP contribution in [0.2, 0.25) is 0 Å². The first-order valence-corrected chi connectivity index (χ1v) is 8.25. The molecular formula is C18H27NO2. The molecule has 1 atom stereocenters. The summed E-state index contributed by atoms with van der Waals surface area (Å²) >= 11 is 0. The summed E-state index contributed by atoms with van der Waals surface area (Å²) in [6.07, 6.45) is 7.31. The molecule has 3 heteroatoms. The average molecular weight is 289 g/mol. The smallest absolute Gasteiger partial charge is 0.323 e. The van der Waals surface area contributed by atoms with E-state index in [9.17, 15) is 4.79 Å². The highest BCUT2D eigenvalue weighted by Gasteiger charge is 2.29. The monoisotopic (exact) mass is 289 g/mol. The van der Waals surface area contributed by atoms with E-state index in [0.29, 0.717) is 12.5 Å². The molecular weight excluding hydrogens is 262 g/mol. The third kappa shape index (κ3) is 5.16. The number of hydrogen-bond donors (Lipinski definition) is 1. The first-order chi connectivity index (χ1) is 10.3. The second-order valence-electron chi connectivity index (χ2n) is 5.85. The number of benzene rings is 1. The SMILES string of the molecule is CCOC(=O)C(NCc1ccccc1)C1CCCCCC1. The van der Waals surface area contributed by atoms with Gasteiger partial charge in [-0.2, -0.15) is 0 Å². The summed E-state index contributed by atoms with van der Waals surface area (Å²) in [4.78, 5) is 12.3. The molecule has 1 saturated carbocycles. The highest BCUT2D eigenvalue weighted by Crippen LogP contribution is 2.26. The van der Waals surface area contributed by atoms with E-state index in [4.69, 9.17) is 4.74 Å². The third-order valence-electron chi connectivity index (χ3n) is 4.28. The summed E-state index contributed by atoms with van der Waals surface area (Å²) in [6.45, 7) is 3.05. The quantitative estimate of drug-likeness (QED) is 0.641. The lowest BCUT2D eigenvalue weighted by Gasteiger charge is -2.25. The Bertz CT molecular complexity index is 410. The Hall–Kier alpha value is -1.35. The third-order valence-corrected chi connectivity index (χ3v) is 4.28. The van der Waals surface area contributed by atoms with Crippen LogP contribution in [0.15, 0.2) is 30.3 Å². The van der Waals surface area contributed by atoms with Crippen molar-refractivity contribution >= 4 is 5.97 Å². The van der Waals surface area contributed by atoms with Crippen molar-refractivity contribution < 1.29 is 9.53 Å². The molecule has 2 rings (SSSR count). The highest BCUT2D eigenvalue weighted by molar-refractivity contribution is 5.76. The van der Waals surface area contributed by atoms with E-state index in [1.54, 1.807) is 0 Å². The van der Waals surface area contributed by atoms with Crippen LogP contribution < -0.4 is 5.32 Å². The molecule has 116 valence electrons. The topological polar surface area (TPSA) is 38.3 Å². The van der Waals surface area contributed by atoms with Crippen LogP contribution in [0.25, 0.3) is 0 Å². The number of carbonyl (C=O) groups excluding carboxylic acids is 1. The van der Waals surface area contributed by atoms with Crippen molar-refractivity contribution in [2.75, 3.05) is 6.61 Å². The maximum Gasteiger partial charge on any atom is 0.323 e. The predicted octanol–water partition coefficient (Wildman–Crippen LogP) is 3.68. The van der Waals surface area contributed by atoms with Gasteiger partial charge in [0.2, 0.25) is 0 Å². The number of rotatable bonds is 6. The number of hydrogen-bond acceptors (Lipinski definition) is 3. The van der Waals surface area contributed by atoms with Crippen molar-refractivity contribution in [2.24, 2.45) is 5.92 Å². The molecule has 1 N–H and O–H groups in total. The summed E-state index contributed by atoms with van der Waals surface area (Å²) in [5.74, 6) is 0.329. The van der Waals surface area contributed by atoms with E-state index in [0.717, 1.165) is 19.4 Å². The van der Waals surface area contributed by atoms with Gasteiger partial charge in [0.15, 0.2) is 0 Å². The van der Waals surface area contributed by atoms with Gasteiger partial charge in [0.1, 0.15) is 6.04 Å². The van der Waals surface area contributed by atoms with Crippen molar-refractivity contribution in [2.45, 2.75) is 58.0 Å². The van der Waals surface area contributed by atoms with Gasteiger partial charge in [-0.05, 0) is 31.2 Å². The average Bonchev–Trinajstić information content (AvgIpc) is 2.78. The zero-order valence-electron chi connectivity index (χ0n) is 13.0. The first kappa shape index (κ1) is 16.0. The number of nitrogens with one attached hydrogen (secondary N) is 1. The zero-order chi connectivity index (χ0) is 14.9. The molecule has 0 saturated heterocycles. The molecule has 1 aliphatic rings. The summed E-state index contributed by atoms with van der Waals surface area (Å²) in [5.41, 5.74) is 1.21. The van der Waals surface area contributed by atoms with Gasteiger partial charge in [-0.1, -0.05) is 56.0 Å². The molecule has 1 aromatic carbocycles. The van der Waals surface area contributed by atoms with Crippen molar-refractivity contribution in [1.82, 2.24) is 5.32 Å². The molecule has 1 fully saturated rings. The van der Waals surface area contributed by atoms with Crippen LogP contribution in [0.1, 0.15) is 51.0 Å². The summed E-state index contributed by atoms with van der Waals surface area (Å²) in [6, 6.07) is 10.1. The Balaban J connectivity index is 1.98. The van der Waals surface area contributed by atoms with Gasteiger partial charge in [0, 0.05) is 6.54 Å². The van der Waals surface area contributed by atoms with Crippen molar-refractivity contribution in [1.29, 1.82) is 0 Å². The lowest BCUT2D eigenvalue weighted by atomic mass is 9.91. The molecule has 1 aromatic rings. The van der Waals surface area contributed by atoms with Crippen molar-refractivity contribution in [3.05, 3.63) is 35.9 Å². The van der Waals surface area contributed by atoms with Gasteiger partial charge in [-0.25, -0.2) is 0 Å². The van der Waals surface area contributed by atoms with Crippen LogP contribution in [0, 0.1) is 5.92 Å². The molecule has 1 unspecified atom stereocenters. The predicted molar refractivity (Wildman–Crippen MR) is 84.9 cm³/mol. The van der Waals surface area contributed by atoms with Crippen LogP contribution in [-0.2, 0) is 16.1 Å². The second-order valence-corrected chi connectivity index (χ2v) is 5.85. The minimum atomic E-state index is -0.164. The van der Waals surface area contributed by atoms with E-state index in [2.05, 4.69) is 17.4 Å². The van der Waals surface area contributed by atoms with Gasteiger partial charge in [0.05, 0.1) is 6.61 Å². The van der Waals surface area contributed by atoms with Gasteiger partial charge in [-0.3, -0.25) is 4.79 Å². The molecule has 21 heavy (non-hydrogen) atoms. The molecule has 0 aromatic heterocycles. The fourth-order valence-electron chi connectivity index (χ4n) is 3.14. The largest absolute Gasteiger partial charge is 0.465 e. The van der Waals surface area contributed by atoms with E-state index >= 15 is 0 Å². The lowest BCUT2D eigenvalue weighted by Crippen LogP contribution is -2.43. The van der Waals surface area contributed by atoms with E-state index < -0.39 is 0 Å². The van der Waals surface area contributed by atoms with Gasteiger partial charge < -0.3 is 10.1 Å². The van der Waals surface area contributed by atoms with Gasteiger partial charge in [0.25, 0.3) is 0 Å². The fraction of sp³-hybridized carbons (Fsp3) is 0.611. The maximum absolute atomic E-state index is 12.3. The van der Waals surface area contributed by atoms with Crippen molar-refractivity contribution in [3.8, 4) is 0 Å². The van der Waals surface area contributed by atoms with Gasteiger partial charge >= 0.3 is 5.97 Å². The number of ether oxygens (including phenoxy) is 1. The van der Waals surface area contributed by atoms with Crippen LogP contribution in [0.3, 0.4) is 0 Å². The maximum atomic E-state index is 12.3. The first-order valence-electron chi connectivity index (χ1n) is 8.25. The normalized spacial score (nSPS) is 18.0. The molecule has 0 aliphatic heterocycles. The molecule has 3 nitrogen and oxygen atoms in total. The van der Waals surface area contributed by atoms with E-state index in [1.807, 2.05) is 25.1 Å². The minimum absolute atomic E-state index is 0.0830. The van der Waals surface area contributed by atoms with E-state index in [1.165, 1.54) is 31.2 Å². The Morgan fingerprint density at radius 1 is 1.19 bits per heavy atom. The zero-order valence-corrected chi connectivity index (χ0v) is 13.0. The van der Waals surface area contributed by atoms with Gasteiger partial charge in [-0.15, -0.1) is 0 Å². The lowest BCUT2D eigenvalue weighted by molar-refractivity contribution is -0.147. The molecule has 0 amide bonds. The van der Waals surface area contributed by atoms with Crippen LogP contribution in [0.5, 0.6) is 0 Å². The van der Waals surface area contributed by atoms with Crippen LogP contribution in [-0.4, -0.2) is 18.6 Å². The number of carbonyl (C=O) groups is 1. The molecule has 0 bridgehead atoms. The second kappa shape index (κ2) is 8.83. The Morgan fingerprint density at radius 2 is 1.86 bits per heavy atom. The minimum Gasteiger partial charge on any atom is -0.465 e. The highest BCUT2D eigenvalue weighted by atomic mass is 16.5. The van der Waals surface area contributed by atoms with Crippen LogP contribution in [0.4, 0.5) is 0 Å². The molecule has 0 heterocycles. The number of esters is 1. The molecule has 0 spiro atoms. The van der Waals surface area contributed by atoms with E-state index in [-0.39, 0.29) is 12.0 Å². The van der Waals surface area contributed by atoms with Crippen molar-refractivity contribution in [3.63, 3.8) is 0 Å². The van der Waals surface area contributed by atoms with Crippen LogP contribution >= 0.6 is 0 Å².